The first-order valence-corrected chi connectivity index (χ1v) is 5.51. The van der Waals surface area contributed by atoms with Gasteiger partial charge in [-0.1, -0.05) is 0 Å². The normalized spacial score (nSPS) is 15.6. The molecular formula is C10H11N5O3. The summed E-state index contributed by atoms with van der Waals surface area (Å²) in [5.74, 6) is 0. The average molecular weight is 249 g/mol. The number of hydrogen-bond acceptors (Lipinski definition) is 7. The SMILES string of the molecule is CN(c1ccc([N+](=O)[O-])c2nonc12)C1CNC1. The summed E-state index contributed by atoms with van der Waals surface area (Å²) in [6, 6.07) is 3.49. The number of anilines is 1. The molecule has 1 fully saturated rings. The monoisotopic (exact) mass is 249 g/mol. The Hall–Kier alpha value is -2.22. The molecule has 1 aromatic heterocycles. The number of fused-ring (bicyclic) bond motifs is 1. The van der Waals surface area contributed by atoms with E-state index < -0.39 is 4.92 Å². The predicted molar refractivity (Wildman–Crippen MR) is 63.5 cm³/mol. The number of aromatic nitrogens is 2. The highest BCUT2D eigenvalue weighted by molar-refractivity contribution is 5.93. The molecule has 1 saturated heterocycles. The van der Waals surface area contributed by atoms with Crippen molar-refractivity contribution in [1.82, 2.24) is 15.6 Å². The molecule has 0 amide bonds. The van der Waals surface area contributed by atoms with Gasteiger partial charge in [0.1, 0.15) is 0 Å². The van der Waals surface area contributed by atoms with E-state index in [2.05, 4.69) is 20.3 Å². The number of nitrogens with zero attached hydrogens (tertiary/aromatic N) is 4. The summed E-state index contributed by atoms with van der Waals surface area (Å²) in [7, 11) is 1.93. The Balaban J connectivity index is 2.10. The average Bonchev–Trinajstić information content (AvgIpc) is 2.73. The van der Waals surface area contributed by atoms with Crippen molar-refractivity contribution >= 4 is 22.4 Å². The van der Waals surface area contributed by atoms with E-state index in [0.29, 0.717) is 11.6 Å². The molecule has 0 aliphatic carbocycles. The third kappa shape index (κ3) is 1.50. The third-order valence-corrected chi connectivity index (χ3v) is 3.26. The Morgan fingerprint density at radius 1 is 1.44 bits per heavy atom. The van der Waals surface area contributed by atoms with Crippen LogP contribution in [0, 0.1) is 10.1 Å². The highest BCUT2D eigenvalue weighted by Crippen LogP contribution is 2.31. The zero-order valence-electron chi connectivity index (χ0n) is 9.66. The summed E-state index contributed by atoms with van der Waals surface area (Å²) in [6.45, 7) is 1.78. The highest BCUT2D eigenvalue weighted by Gasteiger charge is 2.26. The minimum Gasteiger partial charge on any atom is -0.367 e. The highest BCUT2D eigenvalue weighted by atomic mass is 16.6. The van der Waals surface area contributed by atoms with E-state index in [1.807, 2.05) is 11.9 Å². The lowest BCUT2D eigenvalue weighted by molar-refractivity contribution is -0.383. The molecule has 18 heavy (non-hydrogen) atoms. The molecule has 2 heterocycles. The maximum absolute atomic E-state index is 10.9. The summed E-state index contributed by atoms with van der Waals surface area (Å²) < 4.78 is 4.63. The summed E-state index contributed by atoms with van der Waals surface area (Å²) >= 11 is 0. The topological polar surface area (TPSA) is 97.3 Å². The molecular weight excluding hydrogens is 238 g/mol. The van der Waals surface area contributed by atoms with Crippen molar-refractivity contribution in [2.45, 2.75) is 6.04 Å². The summed E-state index contributed by atoms with van der Waals surface area (Å²) in [4.78, 5) is 12.4. The molecule has 2 aromatic rings. The van der Waals surface area contributed by atoms with Crippen LogP contribution in [0.5, 0.6) is 0 Å². The summed E-state index contributed by atoms with van der Waals surface area (Å²) in [5.41, 5.74) is 1.33. The van der Waals surface area contributed by atoms with E-state index in [0.717, 1.165) is 18.8 Å². The van der Waals surface area contributed by atoms with Crippen molar-refractivity contribution in [1.29, 1.82) is 0 Å². The molecule has 0 saturated carbocycles. The van der Waals surface area contributed by atoms with E-state index in [9.17, 15) is 10.1 Å². The number of non-ortho nitro benzene ring substituents is 1. The van der Waals surface area contributed by atoms with E-state index in [1.165, 1.54) is 6.07 Å². The van der Waals surface area contributed by atoms with Crippen LogP contribution in [0.4, 0.5) is 11.4 Å². The van der Waals surface area contributed by atoms with Crippen molar-refractivity contribution in [2.24, 2.45) is 0 Å². The molecule has 8 nitrogen and oxygen atoms in total. The maximum atomic E-state index is 10.9. The number of likely N-dealkylation sites (N-methyl/N-ethyl adjacent to an activating group) is 1. The second-order valence-corrected chi connectivity index (χ2v) is 4.25. The van der Waals surface area contributed by atoms with Crippen molar-refractivity contribution in [2.75, 3.05) is 25.0 Å². The first-order chi connectivity index (χ1) is 8.68. The Morgan fingerprint density at radius 3 is 2.78 bits per heavy atom. The quantitative estimate of drug-likeness (QED) is 0.626. The molecule has 0 radical (unpaired) electrons. The van der Waals surface area contributed by atoms with Crippen LogP contribution < -0.4 is 10.2 Å². The number of benzene rings is 1. The molecule has 1 aliphatic heterocycles. The predicted octanol–water partition coefficient (Wildman–Crippen LogP) is 0.539. The van der Waals surface area contributed by atoms with Crippen LogP contribution in [0.25, 0.3) is 11.0 Å². The number of nitrogens with one attached hydrogen (secondary N) is 1. The first kappa shape index (κ1) is 10.9. The van der Waals surface area contributed by atoms with Crippen LogP contribution >= 0.6 is 0 Å². The molecule has 0 bridgehead atoms. The number of nitro groups is 1. The van der Waals surface area contributed by atoms with Crippen molar-refractivity contribution in [3.05, 3.63) is 22.2 Å². The molecule has 1 aromatic carbocycles. The molecule has 0 atom stereocenters. The van der Waals surface area contributed by atoms with E-state index in [1.54, 1.807) is 6.07 Å². The zero-order chi connectivity index (χ0) is 12.7. The standard InChI is InChI=1S/C10H11N5O3/c1-14(6-4-11-5-6)7-2-3-8(15(16)17)10-9(7)12-18-13-10/h2-3,6,11H,4-5H2,1H3. The molecule has 0 spiro atoms. The molecule has 1 aliphatic rings. The lowest BCUT2D eigenvalue weighted by Crippen LogP contribution is -2.56. The van der Waals surface area contributed by atoms with Crippen LogP contribution in [0.15, 0.2) is 16.8 Å². The second-order valence-electron chi connectivity index (χ2n) is 4.25. The van der Waals surface area contributed by atoms with Gasteiger partial charge in [0.2, 0.25) is 5.52 Å². The Kier molecular flexibility index (Phi) is 2.37. The van der Waals surface area contributed by atoms with Crippen LogP contribution in [0.2, 0.25) is 0 Å². The molecule has 0 unspecified atom stereocenters. The maximum Gasteiger partial charge on any atom is 0.300 e. The summed E-state index contributed by atoms with van der Waals surface area (Å²) in [5, 5.41) is 21.4. The van der Waals surface area contributed by atoms with E-state index >= 15 is 0 Å². The van der Waals surface area contributed by atoms with Crippen LogP contribution in [0.3, 0.4) is 0 Å². The minimum atomic E-state index is -0.485. The Morgan fingerprint density at radius 2 is 2.17 bits per heavy atom. The second kappa shape index (κ2) is 3.91. The van der Waals surface area contributed by atoms with Crippen molar-refractivity contribution < 1.29 is 9.55 Å². The smallest absolute Gasteiger partial charge is 0.300 e. The lowest BCUT2D eigenvalue weighted by atomic mass is 10.1. The molecule has 94 valence electrons. The Labute approximate surface area is 102 Å². The first-order valence-electron chi connectivity index (χ1n) is 5.51. The van der Waals surface area contributed by atoms with Gasteiger partial charge >= 0.3 is 5.69 Å². The van der Waals surface area contributed by atoms with Gasteiger partial charge < -0.3 is 10.2 Å². The van der Waals surface area contributed by atoms with Crippen molar-refractivity contribution in [3.63, 3.8) is 0 Å². The van der Waals surface area contributed by atoms with Crippen LogP contribution in [0.1, 0.15) is 0 Å². The van der Waals surface area contributed by atoms with Gasteiger partial charge in [0.05, 0.1) is 16.7 Å². The van der Waals surface area contributed by atoms with E-state index in [4.69, 9.17) is 0 Å². The third-order valence-electron chi connectivity index (χ3n) is 3.26. The number of rotatable bonds is 3. The fourth-order valence-electron chi connectivity index (χ4n) is 2.02. The van der Waals surface area contributed by atoms with E-state index in [-0.39, 0.29) is 11.2 Å². The van der Waals surface area contributed by atoms with Gasteiger partial charge in [-0.25, -0.2) is 4.63 Å². The number of nitro benzene ring substituents is 1. The van der Waals surface area contributed by atoms with Crippen LogP contribution in [-0.2, 0) is 0 Å². The van der Waals surface area contributed by atoms with Gasteiger partial charge in [0, 0.05) is 26.2 Å². The fraction of sp³-hybridized carbons (Fsp3) is 0.400. The molecule has 1 N–H and O–H groups in total. The Bertz CT molecular complexity index is 607. The van der Waals surface area contributed by atoms with Gasteiger partial charge in [-0.2, -0.15) is 0 Å². The van der Waals surface area contributed by atoms with Gasteiger partial charge in [0.25, 0.3) is 0 Å². The van der Waals surface area contributed by atoms with Gasteiger partial charge in [0.15, 0.2) is 5.52 Å². The van der Waals surface area contributed by atoms with Crippen molar-refractivity contribution in [3.8, 4) is 0 Å². The number of hydrogen-bond donors (Lipinski definition) is 1. The zero-order valence-corrected chi connectivity index (χ0v) is 9.66. The van der Waals surface area contributed by atoms with Gasteiger partial charge in [-0.05, 0) is 16.4 Å². The van der Waals surface area contributed by atoms with Crippen LogP contribution in [-0.4, -0.2) is 41.4 Å². The minimum absolute atomic E-state index is 0.0878. The summed E-state index contributed by atoms with van der Waals surface area (Å²) in [6.07, 6.45) is 0. The fourth-order valence-corrected chi connectivity index (χ4v) is 2.02. The molecule has 8 heteroatoms. The van der Waals surface area contributed by atoms with Gasteiger partial charge in [-0.3, -0.25) is 10.1 Å². The molecule has 3 rings (SSSR count). The lowest BCUT2D eigenvalue weighted by Gasteiger charge is -2.36. The largest absolute Gasteiger partial charge is 0.367 e. The van der Waals surface area contributed by atoms with Gasteiger partial charge in [-0.15, -0.1) is 0 Å².